The summed E-state index contributed by atoms with van der Waals surface area (Å²) in [5.74, 6) is 0.287. The summed E-state index contributed by atoms with van der Waals surface area (Å²) in [4.78, 5) is 11.5. The number of carbonyl (C=O) groups is 1. The van der Waals surface area contributed by atoms with Crippen LogP contribution in [-0.4, -0.2) is 17.2 Å². The fourth-order valence-corrected chi connectivity index (χ4v) is 1.51. The fourth-order valence-electron chi connectivity index (χ4n) is 1.51. The van der Waals surface area contributed by atoms with Crippen LogP contribution < -0.4 is 0 Å². The second-order valence-electron chi connectivity index (χ2n) is 3.29. The number of allylic oxidation sites excluding steroid dienone is 1. The number of aromatic nitrogens is 1. The molecular weight excluding hydrogens is 182 g/mol. The lowest BCUT2D eigenvalue weighted by Gasteiger charge is -2.16. The van der Waals surface area contributed by atoms with Gasteiger partial charge in [-0.1, -0.05) is 11.2 Å². The summed E-state index contributed by atoms with van der Waals surface area (Å²) in [6, 6.07) is 0. The summed E-state index contributed by atoms with van der Waals surface area (Å²) in [5.41, 5.74) is 1.03. The third-order valence-electron chi connectivity index (χ3n) is 2.10. The summed E-state index contributed by atoms with van der Waals surface area (Å²) in [7, 11) is 0. The molecule has 1 aliphatic rings. The molecule has 0 spiro atoms. The minimum Gasteiger partial charge on any atom is -0.458 e. The Morgan fingerprint density at radius 2 is 2.36 bits per heavy atom. The van der Waals surface area contributed by atoms with Gasteiger partial charge in [0.25, 0.3) is 0 Å². The Hall–Kier alpha value is -1.58. The van der Waals surface area contributed by atoms with Crippen molar-refractivity contribution in [2.75, 3.05) is 0 Å². The number of hydrogen-bond acceptors (Lipinski definition) is 4. The highest BCUT2D eigenvalue weighted by atomic mass is 16.5. The van der Waals surface area contributed by atoms with E-state index in [4.69, 9.17) is 9.26 Å². The van der Waals surface area contributed by atoms with Gasteiger partial charge in [-0.3, -0.25) is 0 Å². The lowest BCUT2D eigenvalue weighted by atomic mass is 10.1. The van der Waals surface area contributed by atoms with Gasteiger partial charge < -0.3 is 9.26 Å². The molecule has 1 aromatic heterocycles. The van der Waals surface area contributed by atoms with E-state index >= 15 is 0 Å². The largest absolute Gasteiger partial charge is 0.458 e. The van der Waals surface area contributed by atoms with Crippen molar-refractivity contribution in [1.29, 1.82) is 0 Å². The molecule has 2 rings (SSSR count). The molecule has 14 heavy (non-hydrogen) atoms. The van der Waals surface area contributed by atoms with Crippen LogP contribution >= 0.6 is 0 Å². The maximum Gasteiger partial charge on any atom is 0.344 e. The molecule has 0 N–H and O–H groups in total. The first-order valence-electron chi connectivity index (χ1n) is 4.54. The van der Waals surface area contributed by atoms with E-state index in [0.29, 0.717) is 23.4 Å². The lowest BCUT2D eigenvalue weighted by Crippen LogP contribution is -2.24. The normalized spacial score (nSPS) is 21.0. The average molecular weight is 193 g/mol. The van der Waals surface area contributed by atoms with Gasteiger partial charge >= 0.3 is 5.97 Å². The van der Waals surface area contributed by atoms with Crippen LogP contribution in [0.4, 0.5) is 0 Å². The number of rotatable bonds is 1. The van der Waals surface area contributed by atoms with Gasteiger partial charge in [0.15, 0.2) is 5.76 Å². The molecule has 4 nitrogen and oxygen atoms in total. The van der Waals surface area contributed by atoms with Crippen molar-refractivity contribution in [3.05, 3.63) is 23.1 Å². The molecule has 0 bridgehead atoms. The van der Waals surface area contributed by atoms with Gasteiger partial charge in [0.05, 0.1) is 0 Å². The van der Waals surface area contributed by atoms with Crippen LogP contribution in [0, 0.1) is 0 Å². The van der Waals surface area contributed by atoms with Crippen LogP contribution in [0.5, 0.6) is 0 Å². The van der Waals surface area contributed by atoms with Crippen molar-refractivity contribution in [3.63, 3.8) is 0 Å². The minimum atomic E-state index is -0.340. The maximum absolute atomic E-state index is 11.5. The molecule has 0 fully saturated rings. The first kappa shape index (κ1) is 8.99. The number of ether oxygens (including phenoxy) is 1. The van der Waals surface area contributed by atoms with Crippen molar-refractivity contribution < 1.29 is 14.1 Å². The molecule has 1 aromatic rings. The van der Waals surface area contributed by atoms with Gasteiger partial charge in [-0.05, 0) is 19.9 Å². The molecule has 4 heteroatoms. The van der Waals surface area contributed by atoms with E-state index in [1.165, 1.54) is 0 Å². The number of esters is 1. The van der Waals surface area contributed by atoms with Crippen molar-refractivity contribution in [3.8, 4) is 0 Å². The van der Waals surface area contributed by atoms with Crippen LogP contribution in [0.25, 0.3) is 6.08 Å². The summed E-state index contributed by atoms with van der Waals surface area (Å²) < 4.78 is 10.2. The topological polar surface area (TPSA) is 52.3 Å². The lowest BCUT2D eigenvalue weighted by molar-refractivity contribution is 0.0280. The molecular formula is C10H11NO3. The van der Waals surface area contributed by atoms with Crippen molar-refractivity contribution >= 4 is 12.0 Å². The third kappa shape index (κ3) is 1.32. The molecule has 0 aromatic carbocycles. The van der Waals surface area contributed by atoms with E-state index in [2.05, 4.69) is 5.16 Å². The molecule has 74 valence electrons. The van der Waals surface area contributed by atoms with Crippen LogP contribution in [0.2, 0.25) is 0 Å². The molecule has 2 heterocycles. The van der Waals surface area contributed by atoms with Crippen LogP contribution in [0.1, 0.15) is 35.7 Å². The maximum atomic E-state index is 11.5. The molecule has 1 unspecified atom stereocenters. The molecule has 1 atom stereocenters. The standard InChI is InChI=1S/C10H11NO3/c1-3-4-7-9-8(14-11-7)5-6(2)13-10(9)12/h3-4,6H,5H2,1-2H3/b4-3-. The molecule has 1 aliphatic heterocycles. The van der Waals surface area contributed by atoms with E-state index in [1.807, 2.05) is 19.9 Å². The van der Waals surface area contributed by atoms with E-state index in [0.717, 1.165) is 0 Å². The smallest absolute Gasteiger partial charge is 0.344 e. The van der Waals surface area contributed by atoms with Gasteiger partial charge in [-0.15, -0.1) is 0 Å². The quantitative estimate of drug-likeness (QED) is 0.638. The molecule has 0 radical (unpaired) electrons. The highest BCUT2D eigenvalue weighted by molar-refractivity contribution is 5.94. The summed E-state index contributed by atoms with van der Waals surface area (Å²) >= 11 is 0. The van der Waals surface area contributed by atoms with Crippen LogP contribution in [0.15, 0.2) is 10.6 Å². The number of nitrogens with zero attached hydrogens (tertiary/aromatic N) is 1. The predicted molar refractivity (Wildman–Crippen MR) is 49.8 cm³/mol. The van der Waals surface area contributed by atoms with Crippen molar-refractivity contribution in [2.45, 2.75) is 26.4 Å². The summed E-state index contributed by atoms with van der Waals surface area (Å²) in [5, 5.41) is 3.81. The highest BCUT2D eigenvalue weighted by Crippen LogP contribution is 2.24. The second-order valence-corrected chi connectivity index (χ2v) is 3.29. The van der Waals surface area contributed by atoms with Crippen LogP contribution in [0.3, 0.4) is 0 Å². The summed E-state index contributed by atoms with van der Waals surface area (Å²) in [6.07, 6.45) is 4.02. The Balaban J connectivity index is 2.46. The first-order chi connectivity index (χ1) is 6.72. The molecule has 0 amide bonds. The Bertz CT molecular complexity index is 392. The van der Waals surface area contributed by atoms with E-state index in [1.54, 1.807) is 6.08 Å². The Morgan fingerprint density at radius 1 is 1.57 bits per heavy atom. The zero-order valence-electron chi connectivity index (χ0n) is 8.11. The Morgan fingerprint density at radius 3 is 3.07 bits per heavy atom. The fraction of sp³-hybridized carbons (Fsp3) is 0.400. The number of fused-ring (bicyclic) bond motifs is 1. The molecule has 0 aliphatic carbocycles. The zero-order chi connectivity index (χ0) is 10.1. The Labute approximate surface area is 81.5 Å². The number of hydrogen-bond donors (Lipinski definition) is 0. The average Bonchev–Trinajstić information content (AvgIpc) is 2.49. The SMILES string of the molecule is C/C=C\c1noc2c1C(=O)OC(C)C2. The summed E-state index contributed by atoms with van der Waals surface area (Å²) in [6.45, 7) is 3.69. The Kier molecular flexibility index (Phi) is 2.11. The zero-order valence-corrected chi connectivity index (χ0v) is 8.11. The third-order valence-corrected chi connectivity index (χ3v) is 2.10. The first-order valence-corrected chi connectivity index (χ1v) is 4.54. The molecule has 0 saturated carbocycles. The van der Waals surface area contributed by atoms with Gasteiger partial charge in [0.1, 0.15) is 17.4 Å². The predicted octanol–water partition coefficient (Wildman–Crippen LogP) is 1.81. The minimum absolute atomic E-state index is 0.124. The van der Waals surface area contributed by atoms with E-state index in [9.17, 15) is 4.79 Å². The number of cyclic esters (lactones) is 1. The van der Waals surface area contributed by atoms with Crippen LogP contribution in [-0.2, 0) is 11.2 Å². The van der Waals surface area contributed by atoms with Gasteiger partial charge in [0, 0.05) is 6.42 Å². The van der Waals surface area contributed by atoms with Gasteiger partial charge in [-0.2, -0.15) is 0 Å². The van der Waals surface area contributed by atoms with Crippen molar-refractivity contribution in [1.82, 2.24) is 5.16 Å². The number of carbonyl (C=O) groups excluding carboxylic acids is 1. The molecule has 0 saturated heterocycles. The highest BCUT2D eigenvalue weighted by Gasteiger charge is 2.30. The van der Waals surface area contributed by atoms with E-state index in [-0.39, 0.29) is 12.1 Å². The van der Waals surface area contributed by atoms with Gasteiger partial charge in [0.2, 0.25) is 0 Å². The van der Waals surface area contributed by atoms with Crippen molar-refractivity contribution in [2.24, 2.45) is 0 Å². The second kappa shape index (κ2) is 3.29. The monoisotopic (exact) mass is 193 g/mol. The van der Waals surface area contributed by atoms with Gasteiger partial charge in [-0.25, -0.2) is 4.79 Å². The van der Waals surface area contributed by atoms with E-state index < -0.39 is 0 Å².